The Morgan fingerprint density at radius 2 is 1.27 bits per heavy atom. The number of benzene rings is 2. The average molecular weight is 405 g/mol. The van der Waals surface area contributed by atoms with E-state index in [1.165, 1.54) is 12.0 Å². The maximum Gasteiger partial charge on any atom is 0.129 e. The number of ether oxygens (including phenoxy) is 3. The summed E-state index contributed by atoms with van der Waals surface area (Å²) in [5.41, 5.74) is 2.93. The van der Waals surface area contributed by atoms with Gasteiger partial charge in [-0.2, -0.15) is 0 Å². The second kappa shape index (κ2) is 10.4. The number of aryl methyl sites for hydroxylation is 1. The minimum Gasteiger partial charge on any atom is -0.496 e. The summed E-state index contributed by atoms with van der Waals surface area (Å²) in [7, 11) is 3.30. The van der Waals surface area contributed by atoms with Crippen LogP contribution in [0.4, 0.5) is 0 Å². The van der Waals surface area contributed by atoms with Gasteiger partial charge in [0.25, 0.3) is 0 Å². The van der Waals surface area contributed by atoms with Crippen LogP contribution in [0.3, 0.4) is 0 Å². The molecule has 4 aromatic rings. The van der Waals surface area contributed by atoms with E-state index in [9.17, 15) is 0 Å². The molecule has 0 saturated carbocycles. The normalized spacial score (nSPS) is 10.4. The van der Waals surface area contributed by atoms with E-state index in [4.69, 9.17) is 14.2 Å². The molecule has 0 saturated heterocycles. The maximum absolute atomic E-state index is 5.50. The standard InChI is InChI=1S/C14H12N2O2.C11H16O/c1-17-11-5-7-15-13-9(11)3-4-10-12(18-2)6-8-16-14(10)13;1-3-4-9-12-11-7-5-10(2)6-8-11/h3-8H,1-2H3;5-8H,3-4,9H2,1-2H3. The van der Waals surface area contributed by atoms with Crippen LogP contribution >= 0.6 is 0 Å². The lowest BCUT2D eigenvalue weighted by atomic mass is 10.1. The molecule has 0 unspecified atom stereocenters. The molecule has 5 heteroatoms. The topological polar surface area (TPSA) is 53.5 Å². The number of pyridine rings is 2. The molecule has 0 spiro atoms. The molecular weight excluding hydrogens is 376 g/mol. The predicted octanol–water partition coefficient (Wildman–Crippen LogP) is 5.97. The summed E-state index contributed by atoms with van der Waals surface area (Å²) in [6, 6.07) is 15.8. The molecule has 156 valence electrons. The Kier molecular flexibility index (Phi) is 7.44. The molecule has 0 aliphatic heterocycles. The van der Waals surface area contributed by atoms with Crippen molar-refractivity contribution in [3.63, 3.8) is 0 Å². The Morgan fingerprint density at radius 1 is 0.733 bits per heavy atom. The zero-order chi connectivity index (χ0) is 21.3. The summed E-state index contributed by atoms with van der Waals surface area (Å²) in [5, 5.41) is 1.90. The quantitative estimate of drug-likeness (QED) is 0.292. The van der Waals surface area contributed by atoms with Gasteiger partial charge in [0.05, 0.1) is 20.8 Å². The van der Waals surface area contributed by atoms with Gasteiger partial charge in [0.15, 0.2) is 0 Å². The third-order valence-electron chi connectivity index (χ3n) is 4.77. The van der Waals surface area contributed by atoms with Gasteiger partial charge in [0.1, 0.15) is 28.3 Å². The van der Waals surface area contributed by atoms with Crippen LogP contribution in [0.15, 0.2) is 60.9 Å². The van der Waals surface area contributed by atoms with Gasteiger partial charge in [-0.15, -0.1) is 0 Å². The summed E-state index contributed by atoms with van der Waals surface area (Å²) in [5.74, 6) is 2.58. The van der Waals surface area contributed by atoms with E-state index in [-0.39, 0.29) is 0 Å². The van der Waals surface area contributed by atoms with Crippen LogP contribution in [0, 0.1) is 6.92 Å². The van der Waals surface area contributed by atoms with Gasteiger partial charge in [0, 0.05) is 23.2 Å². The zero-order valence-corrected chi connectivity index (χ0v) is 18.0. The van der Waals surface area contributed by atoms with E-state index in [0.29, 0.717) is 0 Å². The average Bonchev–Trinajstić information content (AvgIpc) is 2.80. The number of unbranched alkanes of at least 4 members (excludes halogenated alkanes) is 1. The van der Waals surface area contributed by atoms with Gasteiger partial charge in [0.2, 0.25) is 0 Å². The fraction of sp³-hybridized carbons (Fsp3) is 0.280. The van der Waals surface area contributed by atoms with E-state index in [1.54, 1.807) is 26.6 Å². The number of nitrogens with zero attached hydrogens (tertiary/aromatic N) is 2. The van der Waals surface area contributed by atoms with E-state index in [2.05, 4.69) is 35.9 Å². The van der Waals surface area contributed by atoms with Crippen LogP contribution in [0.25, 0.3) is 21.8 Å². The van der Waals surface area contributed by atoms with Gasteiger partial charge in [-0.1, -0.05) is 31.0 Å². The van der Waals surface area contributed by atoms with E-state index < -0.39 is 0 Å². The lowest BCUT2D eigenvalue weighted by Gasteiger charge is -2.08. The minimum atomic E-state index is 0.798. The number of methoxy groups -OCH3 is 2. The highest BCUT2D eigenvalue weighted by Crippen LogP contribution is 2.32. The smallest absolute Gasteiger partial charge is 0.129 e. The van der Waals surface area contributed by atoms with Gasteiger partial charge in [-0.05, 0) is 49.7 Å². The highest BCUT2D eigenvalue weighted by Gasteiger charge is 2.09. The first-order chi connectivity index (χ1) is 14.7. The maximum atomic E-state index is 5.50. The summed E-state index contributed by atoms with van der Waals surface area (Å²) in [4.78, 5) is 8.79. The Labute approximate surface area is 177 Å². The first-order valence-electron chi connectivity index (χ1n) is 10.1. The number of aromatic nitrogens is 2. The van der Waals surface area contributed by atoms with Crippen LogP contribution in [0.5, 0.6) is 17.2 Å². The Morgan fingerprint density at radius 3 is 1.73 bits per heavy atom. The summed E-state index contributed by atoms with van der Waals surface area (Å²) >= 11 is 0. The fourth-order valence-corrected chi connectivity index (χ4v) is 3.10. The molecule has 2 heterocycles. The van der Waals surface area contributed by atoms with Crippen molar-refractivity contribution in [1.29, 1.82) is 0 Å². The van der Waals surface area contributed by atoms with Crippen molar-refractivity contribution in [3.05, 3.63) is 66.5 Å². The number of hydrogen-bond donors (Lipinski definition) is 0. The molecule has 0 N–H and O–H groups in total. The fourth-order valence-electron chi connectivity index (χ4n) is 3.10. The van der Waals surface area contributed by atoms with Gasteiger partial charge in [-0.3, -0.25) is 9.97 Å². The van der Waals surface area contributed by atoms with Gasteiger partial charge in [-0.25, -0.2) is 0 Å². The second-order valence-corrected chi connectivity index (χ2v) is 6.90. The molecule has 5 nitrogen and oxygen atoms in total. The van der Waals surface area contributed by atoms with Gasteiger partial charge >= 0.3 is 0 Å². The van der Waals surface area contributed by atoms with Crippen molar-refractivity contribution in [2.75, 3.05) is 20.8 Å². The molecule has 0 amide bonds. The second-order valence-electron chi connectivity index (χ2n) is 6.90. The Balaban J connectivity index is 0.000000187. The van der Waals surface area contributed by atoms with Crippen LogP contribution in [-0.2, 0) is 0 Å². The number of hydrogen-bond acceptors (Lipinski definition) is 5. The highest BCUT2D eigenvalue weighted by atomic mass is 16.5. The molecule has 2 aromatic heterocycles. The number of fused-ring (bicyclic) bond motifs is 3. The van der Waals surface area contributed by atoms with Gasteiger partial charge < -0.3 is 14.2 Å². The third kappa shape index (κ3) is 4.98. The summed E-state index contributed by atoms with van der Waals surface area (Å²) in [6.07, 6.45) is 5.77. The van der Waals surface area contributed by atoms with Crippen molar-refractivity contribution in [2.45, 2.75) is 26.7 Å². The van der Waals surface area contributed by atoms with E-state index in [0.717, 1.165) is 52.1 Å². The van der Waals surface area contributed by atoms with E-state index >= 15 is 0 Å². The number of rotatable bonds is 6. The van der Waals surface area contributed by atoms with Crippen LogP contribution < -0.4 is 14.2 Å². The Bertz CT molecular complexity index is 1030. The van der Waals surface area contributed by atoms with Crippen molar-refractivity contribution in [1.82, 2.24) is 9.97 Å². The van der Waals surface area contributed by atoms with Crippen molar-refractivity contribution in [3.8, 4) is 17.2 Å². The first-order valence-corrected chi connectivity index (χ1v) is 10.1. The van der Waals surface area contributed by atoms with Crippen LogP contribution in [0.2, 0.25) is 0 Å². The zero-order valence-electron chi connectivity index (χ0n) is 18.0. The molecule has 0 radical (unpaired) electrons. The van der Waals surface area contributed by atoms with Crippen LogP contribution in [-0.4, -0.2) is 30.8 Å². The lowest BCUT2D eigenvalue weighted by molar-refractivity contribution is 0.309. The SMILES string of the molecule is CCCCOc1ccc(C)cc1.COc1ccnc2c1ccc1c(OC)ccnc12. The first kappa shape index (κ1) is 21.4. The summed E-state index contributed by atoms with van der Waals surface area (Å²) in [6.45, 7) is 5.08. The largest absolute Gasteiger partial charge is 0.496 e. The Hall–Kier alpha value is -3.34. The highest BCUT2D eigenvalue weighted by molar-refractivity contribution is 6.06. The molecule has 0 aliphatic carbocycles. The molecule has 30 heavy (non-hydrogen) atoms. The molecule has 0 fully saturated rings. The molecule has 4 rings (SSSR count). The minimum absolute atomic E-state index is 0.798. The molecule has 0 atom stereocenters. The van der Waals surface area contributed by atoms with Crippen molar-refractivity contribution < 1.29 is 14.2 Å². The monoisotopic (exact) mass is 404 g/mol. The van der Waals surface area contributed by atoms with Crippen molar-refractivity contribution >= 4 is 21.8 Å². The van der Waals surface area contributed by atoms with Crippen molar-refractivity contribution in [2.24, 2.45) is 0 Å². The summed E-state index contributed by atoms with van der Waals surface area (Å²) < 4.78 is 16.2. The third-order valence-corrected chi connectivity index (χ3v) is 4.77. The van der Waals surface area contributed by atoms with E-state index in [1.807, 2.05) is 36.4 Å². The molecule has 0 bridgehead atoms. The molecule has 0 aliphatic rings. The van der Waals surface area contributed by atoms with Crippen LogP contribution in [0.1, 0.15) is 25.3 Å². The lowest BCUT2D eigenvalue weighted by Crippen LogP contribution is -1.95. The molecule has 2 aromatic carbocycles. The molecular formula is C25H28N2O3. The predicted molar refractivity (Wildman–Crippen MR) is 122 cm³/mol.